The minimum Gasteiger partial charge on any atom is -0.386 e. The summed E-state index contributed by atoms with van der Waals surface area (Å²) in [5, 5.41) is 8.79. The third kappa shape index (κ3) is 8.84. The lowest BCUT2D eigenvalue weighted by atomic mass is 10.0. The van der Waals surface area contributed by atoms with Crippen LogP contribution in [-0.2, 0) is 11.3 Å². The van der Waals surface area contributed by atoms with Gasteiger partial charge in [-0.05, 0) is 56.5 Å². The largest absolute Gasteiger partial charge is 0.386 e. The van der Waals surface area contributed by atoms with Crippen molar-refractivity contribution in [3.8, 4) is 0 Å². The number of rotatable bonds is 9. The summed E-state index contributed by atoms with van der Waals surface area (Å²) in [7, 11) is 1.55. The van der Waals surface area contributed by atoms with Crippen molar-refractivity contribution in [2.75, 3.05) is 13.6 Å². The van der Waals surface area contributed by atoms with Gasteiger partial charge < -0.3 is 21.3 Å². The minimum absolute atomic E-state index is 0.0142. The molecule has 2 amide bonds. The van der Waals surface area contributed by atoms with Crippen LogP contribution < -0.4 is 21.7 Å². The lowest BCUT2D eigenvalue weighted by molar-refractivity contribution is -0.111. The number of hydrogen-bond acceptors (Lipinski definition) is 5. The molecule has 38 heavy (non-hydrogen) atoms. The third-order valence-corrected chi connectivity index (χ3v) is 5.18. The second-order valence-electron chi connectivity index (χ2n) is 8.67. The van der Waals surface area contributed by atoms with E-state index < -0.39 is 6.03 Å². The van der Waals surface area contributed by atoms with Gasteiger partial charge in [0.05, 0.1) is 12.2 Å². The monoisotopic (exact) mass is 522 g/mol. The fraction of sp³-hybridized carbons (Fsp3) is 0.296. The predicted octanol–water partition coefficient (Wildman–Crippen LogP) is 3.04. The van der Waals surface area contributed by atoms with Crippen LogP contribution in [0.1, 0.15) is 31.9 Å². The number of benzene rings is 1. The molecule has 1 aromatic carbocycles. The second kappa shape index (κ2) is 14.3. The number of guanidine groups is 1. The SMILES string of the molecule is C=CN=C(NC(=O)N(CC(N)=NC=NC)Cc1ccc(F)c(C)c1)NC1=C/C(=C/C)C(NC(C)C)=CC1=O. The highest BCUT2D eigenvalue weighted by Gasteiger charge is 2.22. The van der Waals surface area contributed by atoms with E-state index in [9.17, 15) is 14.0 Å². The number of carbonyl (C=O) groups excluding carboxylic acids is 2. The second-order valence-corrected chi connectivity index (χ2v) is 8.67. The fourth-order valence-corrected chi connectivity index (χ4v) is 3.46. The van der Waals surface area contributed by atoms with Crippen LogP contribution in [0.3, 0.4) is 0 Å². The molecule has 0 spiro atoms. The molecule has 5 N–H and O–H groups in total. The molecule has 1 aliphatic carbocycles. The Bertz CT molecular complexity index is 1240. The van der Waals surface area contributed by atoms with Crippen LogP contribution in [-0.4, -0.2) is 54.5 Å². The van der Waals surface area contributed by atoms with E-state index in [0.717, 1.165) is 5.57 Å². The summed E-state index contributed by atoms with van der Waals surface area (Å²) in [4.78, 5) is 39.3. The Hall–Kier alpha value is -4.54. The smallest absolute Gasteiger partial charge is 0.324 e. The number of aliphatic imine (C=N–C) groups is 3. The van der Waals surface area contributed by atoms with Crippen LogP contribution in [0.15, 0.2) is 81.2 Å². The Morgan fingerprint density at radius 3 is 2.58 bits per heavy atom. The van der Waals surface area contributed by atoms with E-state index in [0.29, 0.717) is 16.8 Å². The first-order chi connectivity index (χ1) is 18.1. The number of hydrogen-bond donors (Lipinski definition) is 4. The predicted molar refractivity (Wildman–Crippen MR) is 150 cm³/mol. The molecule has 0 atom stereocenters. The van der Waals surface area contributed by atoms with E-state index in [1.54, 1.807) is 32.2 Å². The molecule has 0 heterocycles. The maximum atomic E-state index is 13.8. The molecule has 0 unspecified atom stereocenters. The molecular weight excluding hydrogens is 487 g/mol. The molecule has 1 aliphatic rings. The molecule has 0 saturated heterocycles. The van der Waals surface area contributed by atoms with Crippen molar-refractivity contribution >= 4 is 29.9 Å². The minimum atomic E-state index is -0.584. The number of nitrogens with zero attached hydrogens (tertiary/aromatic N) is 4. The van der Waals surface area contributed by atoms with Gasteiger partial charge in [-0.3, -0.25) is 15.1 Å². The average Bonchev–Trinajstić information content (AvgIpc) is 2.85. The maximum Gasteiger partial charge on any atom is 0.324 e. The van der Waals surface area contributed by atoms with Crippen molar-refractivity contribution in [3.05, 3.63) is 83.1 Å². The van der Waals surface area contributed by atoms with E-state index in [4.69, 9.17) is 5.73 Å². The molecule has 0 saturated carbocycles. The Morgan fingerprint density at radius 1 is 1.24 bits per heavy atom. The van der Waals surface area contributed by atoms with Crippen LogP contribution in [0.2, 0.25) is 0 Å². The number of nitrogens with two attached hydrogens (primary N) is 1. The number of allylic oxidation sites excluding steroid dienone is 3. The highest BCUT2D eigenvalue weighted by Crippen LogP contribution is 2.18. The first-order valence-corrected chi connectivity index (χ1v) is 12.0. The van der Waals surface area contributed by atoms with Crippen molar-refractivity contribution in [2.24, 2.45) is 20.7 Å². The number of halogens is 1. The summed E-state index contributed by atoms with van der Waals surface area (Å²) in [6.45, 7) is 11.1. The van der Waals surface area contributed by atoms with Gasteiger partial charge >= 0.3 is 6.03 Å². The van der Waals surface area contributed by atoms with E-state index in [1.165, 1.54) is 29.6 Å². The third-order valence-electron chi connectivity index (χ3n) is 5.18. The highest BCUT2D eigenvalue weighted by molar-refractivity contribution is 6.10. The van der Waals surface area contributed by atoms with Crippen LogP contribution in [0.4, 0.5) is 9.18 Å². The summed E-state index contributed by atoms with van der Waals surface area (Å²) in [5.41, 5.74) is 8.84. The number of ketones is 1. The average molecular weight is 523 g/mol. The summed E-state index contributed by atoms with van der Waals surface area (Å²) in [6.07, 6.45) is 7.53. The van der Waals surface area contributed by atoms with Gasteiger partial charge in [-0.2, -0.15) is 0 Å². The quantitative estimate of drug-likeness (QED) is 0.292. The van der Waals surface area contributed by atoms with Crippen molar-refractivity contribution in [2.45, 2.75) is 40.3 Å². The molecule has 0 bridgehead atoms. The van der Waals surface area contributed by atoms with Gasteiger partial charge in [0.15, 0.2) is 0 Å². The van der Waals surface area contributed by atoms with Crippen molar-refractivity contribution in [1.82, 2.24) is 20.9 Å². The number of carbonyl (C=O) groups is 2. The topological polar surface area (TPSA) is 137 Å². The van der Waals surface area contributed by atoms with Gasteiger partial charge in [-0.25, -0.2) is 19.2 Å². The molecule has 11 heteroatoms. The van der Waals surface area contributed by atoms with Gasteiger partial charge in [0.2, 0.25) is 11.7 Å². The normalized spacial score (nSPS) is 15.4. The Labute approximate surface area is 222 Å². The number of amides is 2. The molecule has 0 aromatic heterocycles. The van der Waals surface area contributed by atoms with Crippen LogP contribution >= 0.6 is 0 Å². The molecule has 0 aliphatic heterocycles. The summed E-state index contributed by atoms with van der Waals surface area (Å²) >= 11 is 0. The molecule has 10 nitrogen and oxygen atoms in total. The van der Waals surface area contributed by atoms with Gasteiger partial charge in [0.1, 0.15) is 18.0 Å². The first-order valence-electron chi connectivity index (χ1n) is 12.0. The molecule has 202 valence electrons. The van der Waals surface area contributed by atoms with E-state index in [2.05, 4.69) is 37.5 Å². The van der Waals surface area contributed by atoms with Crippen molar-refractivity contribution in [3.63, 3.8) is 0 Å². The zero-order chi connectivity index (χ0) is 28.2. The van der Waals surface area contributed by atoms with Gasteiger partial charge in [-0.15, -0.1) is 0 Å². The molecule has 0 radical (unpaired) electrons. The van der Waals surface area contributed by atoms with Gasteiger partial charge in [0, 0.05) is 37.6 Å². The summed E-state index contributed by atoms with van der Waals surface area (Å²) in [6, 6.07) is 4.12. The van der Waals surface area contributed by atoms with Crippen LogP contribution in [0, 0.1) is 12.7 Å². The lowest BCUT2D eigenvalue weighted by Crippen LogP contribution is -2.50. The van der Waals surface area contributed by atoms with Crippen LogP contribution in [0.5, 0.6) is 0 Å². The maximum absolute atomic E-state index is 13.8. The number of urea groups is 1. The lowest BCUT2D eigenvalue weighted by Gasteiger charge is -2.24. The van der Waals surface area contributed by atoms with E-state index >= 15 is 0 Å². The summed E-state index contributed by atoms with van der Waals surface area (Å²) in [5.74, 6) is -0.516. The fourth-order valence-electron chi connectivity index (χ4n) is 3.46. The molecule has 1 aromatic rings. The number of amidine groups is 1. The Balaban J connectivity index is 2.28. The zero-order valence-electron chi connectivity index (χ0n) is 22.4. The van der Waals surface area contributed by atoms with Crippen molar-refractivity contribution < 1.29 is 14.0 Å². The molecule has 2 rings (SSSR count). The first kappa shape index (κ1) is 29.7. The number of aryl methyl sites for hydroxylation is 1. The van der Waals surface area contributed by atoms with Gasteiger partial charge in [0.25, 0.3) is 0 Å². The van der Waals surface area contributed by atoms with Gasteiger partial charge in [-0.1, -0.05) is 24.8 Å². The van der Waals surface area contributed by atoms with Crippen molar-refractivity contribution in [1.29, 1.82) is 0 Å². The highest BCUT2D eigenvalue weighted by atomic mass is 19.1. The van der Waals surface area contributed by atoms with E-state index in [1.807, 2.05) is 26.8 Å². The Kier molecular flexibility index (Phi) is 11.1. The Morgan fingerprint density at radius 2 is 1.97 bits per heavy atom. The zero-order valence-corrected chi connectivity index (χ0v) is 22.4. The standard InChI is InChI=1S/C27H35FN8O2/c1-7-20-12-23(24(37)13-22(20)33-17(3)4)34-26(31-8-2)35-27(38)36(15-25(29)32-16-30-6)14-19-9-10-21(28)18(5)11-19/h7-13,16-17,33H,2,14-15H2,1,3-6H3,(H2,29,30,32)(H2,31,34,35,38)/b20-7-. The van der Waals surface area contributed by atoms with E-state index in [-0.39, 0.29) is 48.2 Å². The number of nitrogens with one attached hydrogen (secondary N) is 3. The molecule has 0 fully saturated rings. The van der Waals surface area contributed by atoms with Crippen LogP contribution in [0.25, 0.3) is 0 Å². The summed E-state index contributed by atoms with van der Waals surface area (Å²) < 4.78 is 13.8. The molecular formula is C27H35FN8O2.